The van der Waals surface area contributed by atoms with Crippen molar-refractivity contribution in [1.82, 2.24) is 10.3 Å². The Bertz CT molecular complexity index is 571. The lowest BCUT2D eigenvalue weighted by molar-refractivity contribution is -0.125. The van der Waals surface area contributed by atoms with Gasteiger partial charge in [0, 0.05) is 11.5 Å². The Labute approximate surface area is 118 Å². The molecule has 1 fully saturated rings. The highest BCUT2D eigenvalue weighted by Crippen LogP contribution is 2.25. The summed E-state index contributed by atoms with van der Waals surface area (Å²) in [5.41, 5.74) is 0.994. The van der Waals surface area contributed by atoms with Gasteiger partial charge in [0.2, 0.25) is 11.8 Å². The van der Waals surface area contributed by atoms with Gasteiger partial charge in [0.25, 0.3) is 0 Å². The second-order valence-corrected chi connectivity index (χ2v) is 5.18. The number of carbonyl (C=O) groups is 1. The number of carbonyl (C=O) groups excluding carboxylic acids is 1. The Morgan fingerprint density at radius 3 is 2.75 bits per heavy atom. The lowest BCUT2D eigenvalue weighted by atomic mass is 10.1. The molecule has 1 amide bonds. The van der Waals surface area contributed by atoms with E-state index < -0.39 is 0 Å². The molecule has 20 heavy (non-hydrogen) atoms. The largest absolute Gasteiger partial charge is 0.439 e. The molecule has 3 rings (SSSR count). The van der Waals surface area contributed by atoms with Crippen LogP contribution in [0.4, 0.5) is 0 Å². The van der Waals surface area contributed by atoms with E-state index in [1.807, 2.05) is 30.3 Å². The van der Waals surface area contributed by atoms with Gasteiger partial charge < -0.3 is 9.73 Å². The summed E-state index contributed by atoms with van der Waals surface area (Å²) in [6, 6.07) is 9.82. The van der Waals surface area contributed by atoms with E-state index >= 15 is 0 Å². The molecule has 1 aliphatic carbocycles. The third-order valence-corrected chi connectivity index (χ3v) is 3.75. The van der Waals surface area contributed by atoms with Crippen molar-refractivity contribution in [2.75, 3.05) is 0 Å². The molecule has 0 radical (unpaired) electrons. The molecule has 0 saturated heterocycles. The molecule has 1 aliphatic rings. The lowest BCUT2D eigenvalue weighted by Crippen LogP contribution is -2.28. The van der Waals surface area contributed by atoms with Gasteiger partial charge in [-0.15, -0.1) is 0 Å². The Kier molecular flexibility index (Phi) is 3.81. The summed E-state index contributed by atoms with van der Waals surface area (Å²) in [4.78, 5) is 16.1. The molecule has 0 atom stereocenters. The minimum absolute atomic E-state index is 0.127. The molecule has 0 aliphatic heterocycles. The van der Waals surface area contributed by atoms with E-state index in [1.165, 1.54) is 0 Å². The lowest BCUT2D eigenvalue weighted by Gasteiger charge is -2.08. The number of benzene rings is 1. The van der Waals surface area contributed by atoms with E-state index in [0.29, 0.717) is 12.4 Å². The molecular formula is C16H18N2O2. The maximum absolute atomic E-state index is 11.9. The van der Waals surface area contributed by atoms with E-state index in [9.17, 15) is 4.79 Å². The monoisotopic (exact) mass is 270 g/mol. The Morgan fingerprint density at radius 1 is 1.25 bits per heavy atom. The molecule has 4 nitrogen and oxygen atoms in total. The van der Waals surface area contributed by atoms with Crippen LogP contribution in [0.5, 0.6) is 0 Å². The van der Waals surface area contributed by atoms with Crippen molar-refractivity contribution in [3.63, 3.8) is 0 Å². The summed E-state index contributed by atoms with van der Waals surface area (Å²) in [6.45, 7) is 0.363. The Hall–Kier alpha value is -2.10. The number of rotatable bonds is 4. The molecule has 1 heterocycles. The quantitative estimate of drug-likeness (QED) is 0.928. The number of nitrogens with zero attached hydrogens (tertiary/aromatic N) is 1. The van der Waals surface area contributed by atoms with Crippen molar-refractivity contribution in [3.8, 4) is 11.3 Å². The van der Waals surface area contributed by atoms with E-state index in [4.69, 9.17) is 4.42 Å². The number of hydrogen-bond acceptors (Lipinski definition) is 3. The minimum atomic E-state index is 0.127. The van der Waals surface area contributed by atoms with Crippen LogP contribution < -0.4 is 5.32 Å². The van der Waals surface area contributed by atoms with Crippen LogP contribution in [0.2, 0.25) is 0 Å². The SMILES string of the molecule is O=C(NCc1ncc(-c2ccccc2)o1)C1CCCC1. The predicted octanol–water partition coefficient (Wildman–Crippen LogP) is 3.15. The van der Waals surface area contributed by atoms with Crippen LogP contribution in [0.1, 0.15) is 31.6 Å². The number of oxazole rings is 1. The Morgan fingerprint density at radius 2 is 2.00 bits per heavy atom. The van der Waals surface area contributed by atoms with Crippen molar-refractivity contribution < 1.29 is 9.21 Å². The molecular weight excluding hydrogens is 252 g/mol. The van der Waals surface area contributed by atoms with E-state index in [0.717, 1.165) is 37.0 Å². The second-order valence-electron chi connectivity index (χ2n) is 5.18. The van der Waals surface area contributed by atoms with E-state index in [1.54, 1.807) is 6.20 Å². The molecule has 1 aromatic heterocycles. The van der Waals surface area contributed by atoms with Crippen molar-refractivity contribution in [2.24, 2.45) is 5.92 Å². The number of amides is 1. The zero-order chi connectivity index (χ0) is 13.8. The maximum atomic E-state index is 11.9. The molecule has 1 aromatic carbocycles. The van der Waals surface area contributed by atoms with Crippen molar-refractivity contribution in [3.05, 3.63) is 42.4 Å². The van der Waals surface area contributed by atoms with Crippen molar-refractivity contribution >= 4 is 5.91 Å². The number of nitrogens with one attached hydrogen (secondary N) is 1. The molecule has 0 unspecified atom stereocenters. The van der Waals surface area contributed by atoms with Gasteiger partial charge in [0.15, 0.2) is 5.76 Å². The number of hydrogen-bond donors (Lipinski definition) is 1. The van der Waals surface area contributed by atoms with Gasteiger partial charge in [0.1, 0.15) is 0 Å². The van der Waals surface area contributed by atoms with Crippen LogP contribution in [0, 0.1) is 5.92 Å². The maximum Gasteiger partial charge on any atom is 0.223 e. The van der Waals surface area contributed by atoms with Crippen LogP contribution in [0.3, 0.4) is 0 Å². The van der Waals surface area contributed by atoms with Gasteiger partial charge in [-0.1, -0.05) is 43.2 Å². The highest BCUT2D eigenvalue weighted by molar-refractivity contribution is 5.78. The van der Waals surface area contributed by atoms with Crippen LogP contribution in [0.15, 0.2) is 40.9 Å². The van der Waals surface area contributed by atoms with Gasteiger partial charge in [-0.2, -0.15) is 0 Å². The zero-order valence-corrected chi connectivity index (χ0v) is 11.3. The van der Waals surface area contributed by atoms with Crippen LogP contribution in [-0.2, 0) is 11.3 Å². The first-order valence-electron chi connectivity index (χ1n) is 7.11. The highest BCUT2D eigenvalue weighted by atomic mass is 16.4. The average Bonchev–Trinajstić information content (AvgIpc) is 3.17. The molecule has 1 N–H and O–H groups in total. The second kappa shape index (κ2) is 5.90. The summed E-state index contributed by atoms with van der Waals surface area (Å²) in [7, 11) is 0. The molecule has 1 saturated carbocycles. The van der Waals surface area contributed by atoms with Gasteiger partial charge in [-0.25, -0.2) is 4.98 Å². The summed E-state index contributed by atoms with van der Waals surface area (Å²) in [5.74, 6) is 1.59. The Balaban J connectivity index is 1.59. The highest BCUT2D eigenvalue weighted by Gasteiger charge is 2.22. The fourth-order valence-corrected chi connectivity index (χ4v) is 2.62. The van der Waals surface area contributed by atoms with Crippen LogP contribution in [0.25, 0.3) is 11.3 Å². The van der Waals surface area contributed by atoms with Gasteiger partial charge >= 0.3 is 0 Å². The first-order valence-corrected chi connectivity index (χ1v) is 7.11. The first kappa shape index (κ1) is 12.9. The smallest absolute Gasteiger partial charge is 0.223 e. The third-order valence-electron chi connectivity index (χ3n) is 3.75. The average molecular weight is 270 g/mol. The predicted molar refractivity (Wildman–Crippen MR) is 75.7 cm³/mol. The third kappa shape index (κ3) is 2.90. The van der Waals surface area contributed by atoms with Crippen molar-refractivity contribution in [1.29, 1.82) is 0 Å². The number of aromatic nitrogens is 1. The molecule has 2 aromatic rings. The first-order chi connectivity index (χ1) is 9.83. The zero-order valence-electron chi connectivity index (χ0n) is 11.3. The fourth-order valence-electron chi connectivity index (χ4n) is 2.62. The van der Waals surface area contributed by atoms with Crippen LogP contribution in [-0.4, -0.2) is 10.9 Å². The normalized spacial score (nSPS) is 15.4. The molecule has 0 bridgehead atoms. The van der Waals surface area contributed by atoms with Crippen molar-refractivity contribution in [2.45, 2.75) is 32.2 Å². The van der Waals surface area contributed by atoms with Gasteiger partial charge in [-0.05, 0) is 12.8 Å². The fraction of sp³-hybridized carbons (Fsp3) is 0.375. The summed E-state index contributed by atoms with van der Waals surface area (Å²) < 4.78 is 5.66. The molecule has 104 valence electrons. The van der Waals surface area contributed by atoms with Gasteiger partial charge in [-0.3, -0.25) is 4.79 Å². The van der Waals surface area contributed by atoms with Gasteiger partial charge in [0.05, 0.1) is 12.7 Å². The molecule has 0 spiro atoms. The molecule has 4 heteroatoms. The van der Waals surface area contributed by atoms with Crippen LogP contribution >= 0.6 is 0 Å². The standard InChI is InChI=1S/C16H18N2O2/c19-16(13-8-4-5-9-13)18-11-15-17-10-14(20-15)12-6-2-1-3-7-12/h1-3,6-7,10,13H,4-5,8-9,11H2,(H,18,19). The minimum Gasteiger partial charge on any atom is -0.439 e. The summed E-state index contributed by atoms with van der Waals surface area (Å²) >= 11 is 0. The van der Waals surface area contributed by atoms with E-state index in [2.05, 4.69) is 10.3 Å². The van der Waals surface area contributed by atoms with E-state index in [-0.39, 0.29) is 11.8 Å². The summed E-state index contributed by atoms with van der Waals surface area (Å²) in [5, 5.41) is 2.91. The summed E-state index contributed by atoms with van der Waals surface area (Å²) in [6.07, 6.45) is 6.04. The topological polar surface area (TPSA) is 55.1 Å².